The van der Waals surface area contributed by atoms with E-state index in [0.29, 0.717) is 13.0 Å². The van der Waals surface area contributed by atoms with Crippen LogP contribution >= 0.6 is 0 Å². The van der Waals surface area contributed by atoms with Crippen molar-refractivity contribution in [2.45, 2.75) is 38.8 Å². The van der Waals surface area contributed by atoms with Crippen molar-refractivity contribution >= 4 is 11.8 Å². The van der Waals surface area contributed by atoms with Crippen LogP contribution in [0.15, 0.2) is 30.3 Å². The van der Waals surface area contributed by atoms with E-state index in [2.05, 4.69) is 10.6 Å². The molecule has 1 rings (SSSR count). The van der Waals surface area contributed by atoms with Crippen LogP contribution in [-0.2, 0) is 9.59 Å². The third kappa shape index (κ3) is 6.33. The molecule has 2 unspecified atom stereocenters. The minimum absolute atomic E-state index is 0.145. The standard InChI is InChI=1S/C15H22N2O3/c1-11(18)8-9-16-15(20)10-14(17-12(2)19)13-6-4-3-5-7-13/h3-7,11,14,18H,8-10H2,1-2H3,(H,16,20)(H,17,19). The van der Waals surface area contributed by atoms with Gasteiger partial charge in [0, 0.05) is 13.5 Å². The lowest BCUT2D eigenvalue weighted by atomic mass is 10.0. The van der Waals surface area contributed by atoms with Crippen LogP contribution in [0.3, 0.4) is 0 Å². The molecule has 0 aliphatic heterocycles. The number of amides is 2. The predicted octanol–water partition coefficient (Wildman–Crippen LogP) is 1.14. The van der Waals surface area contributed by atoms with Crippen LogP contribution in [0.25, 0.3) is 0 Å². The molecule has 110 valence electrons. The van der Waals surface area contributed by atoms with Crippen molar-refractivity contribution in [3.63, 3.8) is 0 Å². The van der Waals surface area contributed by atoms with Gasteiger partial charge in [0.25, 0.3) is 0 Å². The Morgan fingerprint density at radius 3 is 2.45 bits per heavy atom. The zero-order valence-electron chi connectivity index (χ0n) is 11.9. The summed E-state index contributed by atoms with van der Waals surface area (Å²) < 4.78 is 0. The Bertz CT molecular complexity index is 432. The summed E-state index contributed by atoms with van der Waals surface area (Å²) in [5.74, 6) is -0.316. The fourth-order valence-corrected chi connectivity index (χ4v) is 1.86. The number of carbonyl (C=O) groups excluding carboxylic acids is 2. The first kappa shape index (κ1) is 16.2. The van der Waals surface area contributed by atoms with Crippen LogP contribution in [0.4, 0.5) is 0 Å². The Balaban J connectivity index is 2.57. The van der Waals surface area contributed by atoms with Crippen LogP contribution in [0, 0.1) is 0 Å². The van der Waals surface area contributed by atoms with Crippen LogP contribution < -0.4 is 10.6 Å². The van der Waals surface area contributed by atoms with Gasteiger partial charge in [0.1, 0.15) is 0 Å². The minimum Gasteiger partial charge on any atom is -0.393 e. The van der Waals surface area contributed by atoms with Gasteiger partial charge in [-0.2, -0.15) is 0 Å². The van der Waals surface area contributed by atoms with Gasteiger partial charge in [-0.3, -0.25) is 9.59 Å². The number of hydrogen-bond acceptors (Lipinski definition) is 3. The number of aliphatic hydroxyl groups excluding tert-OH is 1. The van der Waals surface area contributed by atoms with Gasteiger partial charge in [0.15, 0.2) is 0 Å². The quantitative estimate of drug-likeness (QED) is 0.700. The number of benzene rings is 1. The summed E-state index contributed by atoms with van der Waals surface area (Å²) in [6.45, 7) is 3.54. The van der Waals surface area contributed by atoms with Gasteiger partial charge in [-0.1, -0.05) is 30.3 Å². The van der Waals surface area contributed by atoms with E-state index in [1.54, 1.807) is 6.92 Å². The maximum absolute atomic E-state index is 11.8. The van der Waals surface area contributed by atoms with Gasteiger partial charge in [0.2, 0.25) is 11.8 Å². The van der Waals surface area contributed by atoms with Gasteiger partial charge < -0.3 is 15.7 Å². The van der Waals surface area contributed by atoms with E-state index < -0.39 is 6.10 Å². The fraction of sp³-hybridized carbons (Fsp3) is 0.467. The van der Waals surface area contributed by atoms with Crippen molar-refractivity contribution in [1.29, 1.82) is 0 Å². The molecule has 0 radical (unpaired) electrons. The molecule has 0 saturated carbocycles. The molecular weight excluding hydrogens is 256 g/mol. The van der Waals surface area contributed by atoms with Crippen LogP contribution in [0.5, 0.6) is 0 Å². The molecule has 2 amide bonds. The second-order valence-corrected chi connectivity index (χ2v) is 4.86. The van der Waals surface area contributed by atoms with Gasteiger partial charge in [-0.15, -0.1) is 0 Å². The van der Waals surface area contributed by atoms with Crippen molar-refractivity contribution in [1.82, 2.24) is 10.6 Å². The third-order valence-corrected chi connectivity index (χ3v) is 2.85. The average Bonchev–Trinajstić information content (AvgIpc) is 2.38. The van der Waals surface area contributed by atoms with E-state index in [1.165, 1.54) is 6.92 Å². The summed E-state index contributed by atoms with van der Waals surface area (Å²) in [7, 11) is 0. The van der Waals surface area contributed by atoms with Gasteiger partial charge in [-0.05, 0) is 18.9 Å². The Morgan fingerprint density at radius 1 is 1.25 bits per heavy atom. The summed E-state index contributed by atoms with van der Waals surface area (Å²) in [4.78, 5) is 23.1. The molecule has 2 atom stereocenters. The first-order valence-electron chi connectivity index (χ1n) is 6.76. The van der Waals surface area contributed by atoms with E-state index in [0.717, 1.165) is 5.56 Å². The fourth-order valence-electron chi connectivity index (χ4n) is 1.86. The highest BCUT2D eigenvalue weighted by Crippen LogP contribution is 2.16. The highest BCUT2D eigenvalue weighted by Gasteiger charge is 2.16. The number of carbonyl (C=O) groups is 2. The molecule has 0 aliphatic carbocycles. The largest absolute Gasteiger partial charge is 0.393 e. The molecule has 1 aromatic rings. The second-order valence-electron chi connectivity index (χ2n) is 4.86. The molecule has 0 spiro atoms. The van der Waals surface area contributed by atoms with Crippen molar-refractivity contribution in [3.8, 4) is 0 Å². The van der Waals surface area contributed by atoms with Crippen LogP contribution in [-0.4, -0.2) is 29.6 Å². The van der Waals surface area contributed by atoms with Crippen molar-refractivity contribution in [2.75, 3.05) is 6.54 Å². The SMILES string of the molecule is CC(=O)NC(CC(=O)NCCC(C)O)c1ccccc1. The predicted molar refractivity (Wildman–Crippen MR) is 76.9 cm³/mol. The number of nitrogens with one attached hydrogen (secondary N) is 2. The smallest absolute Gasteiger partial charge is 0.222 e. The normalized spacial score (nSPS) is 13.3. The summed E-state index contributed by atoms with van der Waals surface area (Å²) in [6, 6.07) is 9.05. The van der Waals surface area contributed by atoms with Crippen LogP contribution in [0.1, 0.15) is 38.3 Å². The van der Waals surface area contributed by atoms with Gasteiger partial charge >= 0.3 is 0 Å². The number of aliphatic hydroxyl groups is 1. The Kier molecular flexibility index (Phi) is 6.73. The molecule has 0 bridgehead atoms. The molecule has 1 aromatic carbocycles. The summed E-state index contributed by atoms with van der Waals surface area (Å²) in [5.41, 5.74) is 0.897. The zero-order valence-corrected chi connectivity index (χ0v) is 11.9. The first-order chi connectivity index (χ1) is 9.49. The summed E-state index contributed by atoms with van der Waals surface area (Å²) in [6.07, 6.45) is 0.265. The van der Waals surface area contributed by atoms with Crippen molar-refractivity contribution < 1.29 is 14.7 Å². The molecule has 0 aromatic heterocycles. The van der Waals surface area contributed by atoms with Gasteiger partial charge in [0.05, 0.1) is 18.6 Å². The first-order valence-corrected chi connectivity index (χ1v) is 6.76. The van der Waals surface area contributed by atoms with Gasteiger partial charge in [-0.25, -0.2) is 0 Å². The van der Waals surface area contributed by atoms with Crippen molar-refractivity contribution in [2.24, 2.45) is 0 Å². The molecule has 20 heavy (non-hydrogen) atoms. The lowest BCUT2D eigenvalue weighted by molar-refractivity contribution is -0.122. The van der Waals surface area contributed by atoms with E-state index in [1.807, 2.05) is 30.3 Å². The second kappa shape index (κ2) is 8.32. The third-order valence-electron chi connectivity index (χ3n) is 2.85. The monoisotopic (exact) mass is 278 g/mol. The Labute approximate surface area is 119 Å². The minimum atomic E-state index is -0.435. The maximum Gasteiger partial charge on any atom is 0.222 e. The van der Waals surface area contributed by atoms with E-state index in [-0.39, 0.29) is 24.3 Å². The number of rotatable bonds is 7. The Morgan fingerprint density at radius 2 is 1.90 bits per heavy atom. The van der Waals surface area contributed by atoms with Crippen LogP contribution in [0.2, 0.25) is 0 Å². The molecule has 5 heteroatoms. The van der Waals surface area contributed by atoms with E-state index in [9.17, 15) is 9.59 Å². The molecular formula is C15H22N2O3. The molecule has 0 saturated heterocycles. The summed E-state index contributed by atoms with van der Waals surface area (Å²) >= 11 is 0. The molecule has 0 aliphatic rings. The molecule has 3 N–H and O–H groups in total. The maximum atomic E-state index is 11.8. The molecule has 0 heterocycles. The summed E-state index contributed by atoms with van der Waals surface area (Å²) in [5, 5.41) is 14.7. The average molecular weight is 278 g/mol. The van der Waals surface area contributed by atoms with E-state index >= 15 is 0 Å². The zero-order chi connectivity index (χ0) is 15.0. The number of hydrogen-bond donors (Lipinski definition) is 3. The van der Waals surface area contributed by atoms with E-state index in [4.69, 9.17) is 5.11 Å². The molecule has 0 fully saturated rings. The van der Waals surface area contributed by atoms with Crippen molar-refractivity contribution in [3.05, 3.63) is 35.9 Å². The Hall–Kier alpha value is -1.88. The highest BCUT2D eigenvalue weighted by atomic mass is 16.3. The topological polar surface area (TPSA) is 78.4 Å². The lowest BCUT2D eigenvalue weighted by Crippen LogP contribution is -2.33. The molecule has 5 nitrogen and oxygen atoms in total. The lowest BCUT2D eigenvalue weighted by Gasteiger charge is -2.18. The highest BCUT2D eigenvalue weighted by molar-refractivity contribution is 5.79.